The zero-order chi connectivity index (χ0) is 11.8. The minimum absolute atomic E-state index is 0.730. The van der Waals surface area contributed by atoms with Gasteiger partial charge in [-0.1, -0.05) is 11.6 Å². The molecule has 0 atom stereocenters. The Bertz CT molecular complexity index is 318. The maximum atomic E-state index is 5.94. The van der Waals surface area contributed by atoms with E-state index in [1.165, 1.54) is 0 Å². The largest absolute Gasteiger partial charge is 0.496 e. The predicted octanol–water partition coefficient (Wildman–Crippen LogP) is 1.83. The van der Waals surface area contributed by atoms with Crippen LogP contribution in [0.15, 0.2) is 18.2 Å². The van der Waals surface area contributed by atoms with Crippen molar-refractivity contribution in [2.24, 2.45) is 5.73 Å². The number of nitrogens with one attached hydrogen (secondary N) is 1. The Morgan fingerprint density at radius 3 is 2.88 bits per heavy atom. The van der Waals surface area contributed by atoms with Gasteiger partial charge in [-0.25, -0.2) is 0 Å². The van der Waals surface area contributed by atoms with Crippen LogP contribution in [0.3, 0.4) is 0 Å². The summed E-state index contributed by atoms with van der Waals surface area (Å²) in [6.45, 7) is 2.60. The summed E-state index contributed by atoms with van der Waals surface area (Å²) in [7, 11) is 1.68. The number of benzene rings is 1. The predicted molar refractivity (Wildman–Crippen MR) is 68.2 cm³/mol. The lowest BCUT2D eigenvalue weighted by Crippen LogP contribution is -2.20. The van der Waals surface area contributed by atoms with Gasteiger partial charge in [-0.15, -0.1) is 0 Å². The minimum atomic E-state index is 0.730. The fraction of sp³-hybridized carbons (Fsp3) is 0.500. The van der Waals surface area contributed by atoms with Crippen LogP contribution in [0.1, 0.15) is 12.0 Å². The first-order valence-corrected chi connectivity index (χ1v) is 5.89. The van der Waals surface area contributed by atoms with Gasteiger partial charge in [0, 0.05) is 5.02 Å². The monoisotopic (exact) mass is 242 g/mol. The molecule has 0 aliphatic heterocycles. The summed E-state index contributed by atoms with van der Waals surface area (Å²) in [5.41, 5.74) is 6.54. The first kappa shape index (κ1) is 13.3. The first-order valence-electron chi connectivity index (χ1n) is 5.51. The van der Waals surface area contributed by atoms with E-state index in [-0.39, 0.29) is 0 Å². The molecule has 1 aromatic carbocycles. The van der Waals surface area contributed by atoms with Crippen molar-refractivity contribution in [2.45, 2.75) is 12.8 Å². The Labute approximate surface area is 102 Å². The molecule has 1 aromatic rings. The Hall–Kier alpha value is -0.770. The van der Waals surface area contributed by atoms with E-state index < -0.39 is 0 Å². The number of halogens is 1. The summed E-state index contributed by atoms with van der Waals surface area (Å²) >= 11 is 5.94. The molecule has 0 bridgehead atoms. The van der Waals surface area contributed by atoms with Gasteiger partial charge in [-0.3, -0.25) is 0 Å². The van der Waals surface area contributed by atoms with Crippen LogP contribution in [0.4, 0.5) is 0 Å². The van der Waals surface area contributed by atoms with E-state index in [4.69, 9.17) is 22.1 Å². The van der Waals surface area contributed by atoms with Gasteiger partial charge < -0.3 is 15.8 Å². The van der Waals surface area contributed by atoms with Crippen molar-refractivity contribution >= 4 is 11.6 Å². The highest BCUT2D eigenvalue weighted by atomic mass is 35.5. The lowest BCUT2D eigenvalue weighted by molar-refractivity contribution is 0.409. The van der Waals surface area contributed by atoms with E-state index in [1.807, 2.05) is 18.2 Å². The van der Waals surface area contributed by atoms with Gasteiger partial charge in [0.25, 0.3) is 0 Å². The number of ether oxygens (including phenoxy) is 1. The number of nitrogens with two attached hydrogens (primary N) is 1. The third-order valence-corrected chi connectivity index (χ3v) is 2.61. The van der Waals surface area contributed by atoms with Gasteiger partial charge in [-0.2, -0.15) is 0 Å². The van der Waals surface area contributed by atoms with Crippen LogP contribution in [-0.2, 0) is 6.42 Å². The molecule has 0 saturated carbocycles. The molecule has 4 heteroatoms. The van der Waals surface area contributed by atoms with Crippen molar-refractivity contribution in [2.75, 3.05) is 26.7 Å². The molecule has 90 valence electrons. The number of hydrogen-bond acceptors (Lipinski definition) is 3. The molecule has 0 saturated heterocycles. The molecule has 0 spiro atoms. The van der Waals surface area contributed by atoms with E-state index in [9.17, 15) is 0 Å². The van der Waals surface area contributed by atoms with Crippen LogP contribution in [-0.4, -0.2) is 26.7 Å². The topological polar surface area (TPSA) is 47.3 Å². The van der Waals surface area contributed by atoms with E-state index in [2.05, 4.69) is 5.32 Å². The van der Waals surface area contributed by atoms with E-state index >= 15 is 0 Å². The zero-order valence-corrected chi connectivity index (χ0v) is 10.4. The maximum absolute atomic E-state index is 5.94. The highest BCUT2D eigenvalue weighted by molar-refractivity contribution is 6.30. The van der Waals surface area contributed by atoms with Gasteiger partial charge in [0.1, 0.15) is 5.75 Å². The van der Waals surface area contributed by atoms with Gasteiger partial charge in [0.2, 0.25) is 0 Å². The van der Waals surface area contributed by atoms with Crippen molar-refractivity contribution in [3.8, 4) is 5.75 Å². The molecule has 0 aromatic heterocycles. The van der Waals surface area contributed by atoms with Crippen LogP contribution in [0.2, 0.25) is 5.02 Å². The average Bonchev–Trinajstić information content (AvgIpc) is 2.29. The fourth-order valence-corrected chi connectivity index (χ4v) is 1.71. The van der Waals surface area contributed by atoms with Gasteiger partial charge in [0.15, 0.2) is 0 Å². The van der Waals surface area contributed by atoms with Gasteiger partial charge >= 0.3 is 0 Å². The number of rotatable bonds is 7. The molecule has 0 fully saturated rings. The van der Waals surface area contributed by atoms with Gasteiger partial charge in [-0.05, 0) is 56.2 Å². The first-order chi connectivity index (χ1) is 7.77. The summed E-state index contributed by atoms with van der Waals surface area (Å²) < 4.78 is 5.27. The van der Waals surface area contributed by atoms with Crippen LogP contribution < -0.4 is 15.8 Å². The molecule has 3 N–H and O–H groups in total. The van der Waals surface area contributed by atoms with Crippen LogP contribution >= 0.6 is 11.6 Å². The maximum Gasteiger partial charge on any atom is 0.122 e. The summed E-state index contributed by atoms with van der Waals surface area (Å²) in [6, 6.07) is 5.69. The summed E-state index contributed by atoms with van der Waals surface area (Å²) in [6.07, 6.45) is 1.92. The standard InChI is InChI=1S/C12H19ClN2O/c1-16-12-4-3-11(13)9-10(12)5-8-15-7-2-6-14/h3-4,9,15H,2,5-8,14H2,1H3. The molecule has 3 nitrogen and oxygen atoms in total. The Balaban J connectivity index is 2.42. The molecule has 0 radical (unpaired) electrons. The normalized spacial score (nSPS) is 10.4. The quantitative estimate of drug-likeness (QED) is 0.718. The molecule has 0 aliphatic rings. The summed E-state index contributed by atoms with van der Waals surface area (Å²) in [4.78, 5) is 0. The van der Waals surface area contributed by atoms with Crippen molar-refractivity contribution < 1.29 is 4.74 Å². The molecule has 0 amide bonds. The molecule has 16 heavy (non-hydrogen) atoms. The lowest BCUT2D eigenvalue weighted by atomic mass is 10.1. The lowest BCUT2D eigenvalue weighted by Gasteiger charge is -2.09. The molecule has 0 unspecified atom stereocenters. The highest BCUT2D eigenvalue weighted by Gasteiger charge is 2.03. The van der Waals surface area contributed by atoms with Crippen molar-refractivity contribution in [1.29, 1.82) is 0 Å². The van der Waals surface area contributed by atoms with E-state index in [0.717, 1.165) is 48.8 Å². The van der Waals surface area contributed by atoms with Crippen LogP contribution in [0, 0.1) is 0 Å². The molecule has 0 heterocycles. The molecule has 0 aliphatic carbocycles. The Morgan fingerprint density at radius 1 is 1.38 bits per heavy atom. The van der Waals surface area contributed by atoms with Gasteiger partial charge in [0.05, 0.1) is 7.11 Å². The minimum Gasteiger partial charge on any atom is -0.496 e. The zero-order valence-electron chi connectivity index (χ0n) is 9.63. The number of hydrogen-bond donors (Lipinski definition) is 2. The average molecular weight is 243 g/mol. The van der Waals surface area contributed by atoms with Crippen molar-refractivity contribution in [3.63, 3.8) is 0 Å². The summed E-state index contributed by atoms with van der Waals surface area (Å²) in [5.74, 6) is 0.894. The molecular formula is C12H19ClN2O. The Morgan fingerprint density at radius 2 is 2.19 bits per heavy atom. The highest BCUT2D eigenvalue weighted by Crippen LogP contribution is 2.22. The fourth-order valence-electron chi connectivity index (χ4n) is 1.52. The number of methoxy groups -OCH3 is 1. The van der Waals surface area contributed by atoms with E-state index in [0.29, 0.717) is 0 Å². The second-order valence-electron chi connectivity index (χ2n) is 3.60. The second-order valence-corrected chi connectivity index (χ2v) is 4.03. The SMILES string of the molecule is COc1ccc(Cl)cc1CCNCCCN. The van der Waals surface area contributed by atoms with Crippen molar-refractivity contribution in [1.82, 2.24) is 5.32 Å². The molecular weight excluding hydrogens is 224 g/mol. The third-order valence-electron chi connectivity index (χ3n) is 2.37. The Kier molecular flexibility index (Phi) is 6.23. The second kappa shape index (κ2) is 7.49. The molecule has 1 rings (SSSR count). The van der Waals surface area contributed by atoms with Crippen LogP contribution in [0.25, 0.3) is 0 Å². The summed E-state index contributed by atoms with van der Waals surface area (Å²) in [5, 5.41) is 4.07. The van der Waals surface area contributed by atoms with Crippen molar-refractivity contribution in [3.05, 3.63) is 28.8 Å². The smallest absolute Gasteiger partial charge is 0.122 e. The van der Waals surface area contributed by atoms with E-state index in [1.54, 1.807) is 7.11 Å². The third kappa shape index (κ3) is 4.39. The van der Waals surface area contributed by atoms with Crippen LogP contribution in [0.5, 0.6) is 5.75 Å².